The summed E-state index contributed by atoms with van der Waals surface area (Å²) in [5, 5.41) is 3.44. The Balaban J connectivity index is 1.13. The molecule has 5 rings (SSSR count). The molecule has 1 amide bonds. The van der Waals surface area contributed by atoms with Crippen molar-refractivity contribution in [1.82, 2.24) is 20.2 Å². The Morgan fingerprint density at radius 2 is 2.00 bits per heavy atom. The molecule has 0 aliphatic carbocycles. The van der Waals surface area contributed by atoms with E-state index in [9.17, 15) is 4.79 Å². The lowest BCUT2D eigenvalue weighted by Crippen LogP contribution is -2.56. The SMILES string of the molecule is Cc1ccc(N2C3CCC2CN(C(=O)CCNCc2cccc4ncsc24)C3)nc1. The number of rotatable bonds is 6. The molecule has 2 fully saturated rings. The van der Waals surface area contributed by atoms with Gasteiger partial charge < -0.3 is 15.1 Å². The monoisotopic (exact) mass is 421 g/mol. The predicted molar refractivity (Wildman–Crippen MR) is 121 cm³/mol. The van der Waals surface area contributed by atoms with Crippen LogP contribution in [-0.4, -0.2) is 52.5 Å². The van der Waals surface area contributed by atoms with Crippen LogP contribution in [0.15, 0.2) is 42.0 Å². The van der Waals surface area contributed by atoms with Gasteiger partial charge in [0.25, 0.3) is 0 Å². The summed E-state index contributed by atoms with van der Waals surface area (Å²) in [4.78, 5) is 26.3. The molecule has 0 spiro atoms. The van der Waals surface area contributed by atoms with Gasteiger partial charge in [-0.2, -0.15) is 0 Å². The van der Waals surface area contributed by atoms with Gasteiger partial charge in [0.15, 0.2) is 0 Å². The van der Waals surface area contributed by atoms with Crippen LogP contribution in [0.2, 0.25) is 0 Å². The van der Waals surface area contributed by atoms with Gasteiger partial charge in [-0.1, -0.05) is 18.2 Å². The van der Waals surface area contributed by atoms with Crippen LogP contribution < -0.4 is 10.2 Å². The number of piperazine rings is 1. The fraction of sp³-hybridized carbons (Fsp3) is 0.435. The standard InChI is InChI=1S/C23H27N5OS/c1-16-5-8-21(25-11-16)28-18-6-7-19(28)14-27(13-18)22(29)9-10-24-12-17-3-2-4-20-23(17)30-15-26-20/h2-5,8,11,15,18-19,24H,6-7,9-10,12-14H2,1H3. The molecule has 2 aliphatic rings. The molecule has 2 bridgehead atoms. The number of amides is 1. The van der Waals surface area contributed by atoms with E-state index in [0.29, 0.717) is 25.0 Å². The summed E-state index contributed by atoms with van der Waals surface area (Å²) in [6.07, 6.45) is 4.76. The second kappa shape index (κ2) is 8.32. The van der Waals surface area contributed by atoms with Crippen LogP contribution in [0.3, 0.4) is 0 Å². The van der Waals surface area contributed by atoms with E-state index in [-0.39, 0.29) is 5.91 Å². The first-order valence-electron chi connectivity index (χ1n) is 10.7. The first-order valence-corrected chi connectivity index (χ1v) is 11.6. The number of likely N-dealkylation sites (tertiary alicyclic amines) is 1. The molecule has 6 nitrogen and oxygen atoms in total. The van der Waals surface area contributed by atoms with Crippen LogP contribution in [0.4, 0.5) is 5.82 Å². The maximum atomic E-state index is 12.8. The highest BCUT2D eigenvalue weighted by molar-refractivity contribution is 7.16. The van der Waals surface area contributed by atoms with Crippen LogP contribution in [-0.2, 0) is 11.3 Å². The van der Waals surface area contributed by atoms with Gasteiger partial charge in [0, 0.05) is 50.9 Å². The predicted octanol–water partition coefficient (Wildman–Crippen LogP) is 3.36. The normalized spacial score (nSPS) is 20.8. The zero-order chi connectivity index (χ0) is 20.5. The fourth-order valence-corrected chi connectivity index (χ4v) is 5.56. The van der Waals surface area contributed by atoms with Crippen LogP contribution in [0, 0.1) is 6.92 Å². The van der Waals surface area contributed by atoms with Crippen LogP contribution in [0.25, 0.3) is 10.2 Å². The van der Waals surface area contributed by atoms with E-state index in [1.807, 2.05) is 23.8 Å². The van der Waals surface area contributed by atoms with Gasteiger partial charge in [-0.25, -0.2) is 9.97 Å². The first-order chi connectivity index (χ1) is 14.7. The molecule has 3 aromatic rings. The lowest BCUT2D eigenvalue weighted by molar-refractivity contribution is -0.132. The molecule has 2 aliphatic heterocycles. The van der Waals surface area contributed by atoms with Crippen molar-refractivity contribution in [3.8, 4) is 0 Å². The van der Waals surface area contributed by atoms with Gasteiger partial charge in [-0.05, 0) is 43.0 Å². The summed E-state index contributed by atoms with van der Waals surface area (Å²) in [7, 11) is 0. The Morgan fingerprint density at radius 3 is 2.77 bits per heavy atom. The summed E-state index contributed by atoms with van der Waals surface area (Å²) in [5.41, 5.74) is 5.36. The van der Waals surface area contributed by atoms with Crippen molar-refractivity contribution in [2.75, 3.05) is 24.5 Å². The molecule has 2 unspecified atom stereocenters. The van der Waals surface area contributed by atoms with Crippen molar-refractivity contribution < 1.29 is 4.79 Å². The lowest BCUT2D eigenvalue weighted by Gasteiger charge is -2.42. The third kappa shape index (κ3) is 3.79. The molecule has 4 heterocycles. The molecule has 30 heavy (non-hydrogen) atoms. The van der Waals surface area contributed by atoms with E-state index >= 15 is 0 Å². The summed E-state index contributed by atoms with van der Waals surface area (Å²) >= 11 is 1.67. The van der Waals surface area contributed by atoms with Crippen molar-refractivity contribution in [3.63, 3.8) is 0 Å². The van der Waals surface area contributed by atoms with Gasteiger partial charge in [-0.3, -0.25) is 4.79 Å². The van der Waals surface area contributed by atoms with E-state index in [4.69, 9.17) is 0 Å². The molecule has 2 aromatic heterocycles. The number of carbonyl (C=O) groups excluding carboxylic acids is 1. The van der Waals surface area contributed by atoms with E-state index in [2.05, 4.69) is 50.2 Å². The molecule has 1 aromatic carbocycles. The van der Waals surface area contributed by atoms with E-state index in [1.165, 1.54) is 15.8 Å². The fourth-order valence-electron chi connectivity index (χ4n) is 4.75. The van der Waals surface area contributed by atoms with Crippen LogP contribution in [0.5, 0.6) is 0 Å². The highest BCUT2D eigenvalue weighted by Crippen LogP contribution is 2.34. The molecule has 2 saturated heterocycles. The Bertz CT molecular complexity index is 1020. The maximum Gasteiger partial charge on any atom is 0.223 e. The molecular weight excluding hydrogens is 394 g/mol. The largest absolute Gasteiger partial charge is 0.347 e. The number of pyridine rings is 1. The van der Waals surface area contributed by atoms with Crippen molar-refractivity contribution in [2.45, 2.75) is 44.8 Å². The second-order valence-electron chi connectivity index (χ2n) is 8.33. The number of thiazole rings is 1. The van der Waals surface area contributed by atoms with Crippen LogP contribution in [0.1, 0.15) is 30.4 Å². The number of anilines is 1. The number of hydrogen-bond donors (Lipinski definition) is 1. The Kier molecular flexibility index (Phi) is 5.39. The Morgan fingerprint density at radius 1 is 1.17 bits per heavy atom. The number of carbonyl (C=O) groups is 1. The zero-order valence-electron chi connectivity index (χ0n) is 17.3. The average Bonchev–Trinajstić information content (AvgIpc) is 3.34. The summed E-state index contributed by atoms with van der Waals surface area (Å²) in [6, 6.07) is 11.2. The summed E-state index contributed by atoms with van der Waals surface area (Å²) in [6.45, 7) is 5.15. The minimum Gasteiger partial charge on any atom is -0.347 e. The molecule has 0 saturated carbocycles. The second-order valence-corrected chi connectivity index (χ2v) is 9.18. The van der Waals surface area contributed by atoms with E-state index in [0.717, 1.165) is 43.8 Å². The van der Waals surface area contributed by atoms with Crippen molar-refractivity contribution in [2.24, 2.45) is 0 Å². The highest BCUT2D eigenvalue weighted by atomic mass is 32.1. The minimum absolute atomic E-state index is 0.256. The first kappa shape index (κ1) is 19.5. The maximum absolute atomic E-state index is 12.8. The van der Waals surface area contributed by atoms with E-state index in [1.54, 1.807) is 11.3 Å². The number of benzene rings is 1. The zero-order valence-corrected chi connectivity index (χ0v) is 18.1. The topological polar surface area (TPSA) is 61.4 Å². The summed E-state index contributed by atoms with van der Waals surface area (Å²) in [5.74, 6) is 1.31. The van der Waals surface area contributed by atoms with Crippen molar-refractivity contribution in [3.05, 3.63) is 53.2 Å². The smallest absolute Gasteiger partial charge is 0.223 e. The third-order valence-electron chi connectivity index (χ3n) is 6.26. The van der Waals surface area contributed by atoms with Gasteiger partial charge in [0.2, 0.25) is 5.91 Å². The number of nitrogens with one attached hydrogen (secondary N) is 1. The Hall–Kier alpha value is -2.51. The molecule has 7 heteroatoms. The molecular formula is C23H27N5OS. The molecule has 0 radical (unpaired) electrons. The molecule has 156 valence electrons. The van der Waals surface area contributed by atoms with Gasteiger partial charge in [-0.15, -0.1) is 11.3 Å². The van der Waals surface area contributed by atoms with Crippen LogP contribution >= 0.6 is 11.3 Å². The highest BCUT2D eigenvalue weighted by Gasteiger charge is 2.41. The van der Waals surface area contributed by atoms with Gasteiger partial charge in [0.1, 0.15) is 5.82 Å². The third-order valence-corrected chi connectivity index (χ3v) is 7.18. The number of aromatic nitrogens is 2. The average molecular weight is 422 g/mol. The van der Waals surface area contributed by atoms with Crippen molar-refractivity contribution >= 4 is 33.3 Å². The Labute approximate surface area is 180 Å². The molecule has 2 atom stereocenters. The minimum atomic E-state index is 0.256. The van der Waals surface area contributed by atoms with Gasteiger partial charge in [0.05, 0.1) is 15.7 Å². The number of aryl methyl sites for hydroxylation is 1. The molecule has 1 N–H and O–H groups in total. The van der Waals surface area contributed by atoms with Gasteiger partial charge >= 0.3 is 0 Å². The van der Waals surface area contributed by atoms with E-state index < -0.39 is 0 Å². The number of nitrogens with zero attached hydrogens (tertiary/aromatic N) is 4. The summed E-state index contributed by atoms with van der Waals surface area (Å²) < 4.78 is 1.23. The lowest BCUT2D eigenvalue weighted by atomic mass is 10.1. The van der Waals surface area contributed by atoms with Crippen molar-refractivity contribution in [1.29, 1.82) is 0 Å². The number of fused-ring (bicyclic) bond motifs is 3. The number of hydrogen-bond acceptors (Lipinski definition) is 6. The quantitative estimate of drug-likeness (QED) is 0.619.